The Hall–Kier alpha value is -2.20. The van der Waals surface area contributed by atoms with Gasteiger partial charge in [0.15, 0.2) is 0 Å². The van der Waals surface area contributed by atoms with Crippen LogP contribution in [0.5, 0.6) is 0 Å². The number of nitriles is 4. The molecule has 0 heterocycles. The van der Waals surface area contributed by atoms with Gasteiger partial charge in [-0.2, -0.15) is 21.0 Å². The first-order valence-electron chi connectivity index (χ1n) is 10.1. The van der Waals surface area contributed by atoms with Crippen molar-refractivity contribution in [2.75, 3.05) is 52.9 Å². The molecule has 4 atom stereocenters. The lowest BCUT2D eigenvalue weighted by Crippen LogP contribution is -2.30. The van der Waals surface area contributed by atoms with E-state index in [9.17, 15) is 0 Å². The number of ether oxygens (including phenoxy) is 4. The second-order valence-corrected chi connectivity index (χ2v) is 7.02. The third kappa shape index (κ3) is 10.2. The molecule has 0 aromatic heterocycles. The van der Waals surface area contributed by atoms with Crippen LogP contribution in [0.3, 0.4) is 0 Å². The second kappa shape index (κ2) is 16.7. The molecule has 1 rings (SSSR count). The van der Waals surface area contributed by atoms with Crippen LogP contribution in [0.15, 0.2) is 0 Å². The van der Waals surface area contributed by atoms with Crippen LogP contribution in [0, 0.1) is 69.0 Å². The third-order valence-electron chi connectivity index (χ3n) is 5.08. The largest absolute Gasteiger partial charge is 0.380 e. The number of rotatable bonds is 16. The van der Waals surface area contributed by atoms with Gasteiger partial charge in [-0.3, -0.25) is 0 Å². The lowest BCUT2D eigenvalue weighted by atomic mass is 9.88. The van der Waals surface area contributed by atoms with Crippen molar-refractivity contribution in [1.29, 1.82) is 21.0 Å². The molecule has 0 aliphatic heterocycles. The summed E-state index contributed by atoms with van der Waals surface area (Å²) in [4.78, 5) is 0. The maximum atomic E-state index is 8.72. The number of hydrogen-bond acceptors (Lipinski definition) is 8. The van der Waals surface area contributed by atoms with Crippen molar-refractivity contribution in [3.8, 4) is 24.3 Å². The van der Waals surface area contributed by atoms with Crippen molar-refractivity contribution in [1.82, 2.24) is 0 Å². The normalized spacial score (nSPS) is 23.0. The van der Waals surface area contributed by atoms with E-state index in [1.165, 1.54) is 0 Å². The SMILES string of the molecule is N#CCCOC[C@@H]1C[C@@H](COCCC#N)[C@@H](COCCC#N)[C@@H]1COCCC#N. The van der Waals surface area contributed by atoms with Crippen molar-refractivity contribution in [2.45, 2.75) is 32.1 Å². The van der Waals surface area contributed by atoms with Gasteiger partial charge in [-0.05, 0) is 30.1 Å². The van der Waals surface area contributed by atoms with Gasteiger partial charge in [0.25, 0.3) is 0 Å². The molecular formula is C21H30N4O4. The Morgan fingerprint density at radius 3 is 1.14 bits per heavy atom. The van der Waals surface area contributed by atoms with Crippen LogP contribution >= 0.6 is 0 Å². The summed E-state index contributed by atoms with van der Waals surface area (Å²) in [5.74, 6) is 0.847. The lowest BCUT2D eigenvalue weighted by Gasteiger charge is -2.27. The van der Waals surface area contributed by atoms with E-state index in [1.54, 1.807) is 0 Å². The first-order chi connectivity index (χ1) is 14.3. The monoisotopic (exact) mass is 402 g/mol. The summed E-state index contributed by atoms with van der Waals surface area (Å²) in [6.45, 7) is 3.68. The fourth-order valence-electron chi connectivity index (χ4n) is 3.72. The van der Waals surface area contributed by atoms with Gasteiger partial charge in [0.2, 0.25) is 0 Å². The average molecular weight is 402 g/mol. The first-order valence-corrected chi connectivity index (χ1v) is 10.1. The van der Waals surface area contributed by atoms with Crippen molar-refractivity contribution < 1.29 is 18.9 Å². The summed E-state index contributed by atoms with van der Waals surface area (Å²) in [7, 11) is 0. The van der Waals surface area contributed by atoms with Gasteiger partial charge in [-0.1, -0.05) is 0 Å². The minimum atomic E-state index is 0.183. The van der Waals surface area contributed by atoms with Crippen LogP contribution in [0.1, 0.15) is 32.1 Å². The van der Waals surface area contributed by atoms with Gasteiger partial charge < -0.3 is 18.9 Å². The predicted molar refractivity (Wildman–Crippen MR) is 103 cm³/mol. The molecule has 1 aliphatic carbocycles. The van der Waals surface area contributed by atoms with E-state index >= 15 is 0 Å². The van der Waals surface area contributed by atoms with Crippen molar-refractivity contribution in [3.05, 3.63) is 0 Å². The van der Waals surface area contributed by atoms with E-state index < -0.39 is 0 Å². The lowest BCUT2D eigenvalue weighted by molar-refractivity contribution is -0.000872. The maximum Gasteiger partial charge on any atom is 0.0645 e. The summed E-state index contributed by atoms with van der Waals surface area (Å²) in [5, 5.41) is 34.8. The van der Waals surface area contributed by atoms with E-state index in [-0.39, 0.29) is 23.7 Å². The Morgan fingerprint density at radius 2 is 0.828 bits per heavy atom. The molecule has 1 aliphatic rings. The first kappa shape index (κ1) is 24.8. The minimum Gasteiger partial charge on any atom is -0.380 e. The van der Waals surface area contributed by atoms with E-state index in [1.807, 2.05) is 0 Å². The molecule has 0 aromatic carbocycles. The molecule has 0 aromatic rings. The van der Waals surface area contributed by atoms with Gasteiger partial charge in [0.1, 0.15) is 0 Å². The molecular weight excluding hydrogens is 372 g/mol. The van der Waals surface area contributed by atoms with Gasteiger partial charge in [0.05, 0.1) is 89.6 Å². The van der Waals surface area contributed by atoms with Crippen LogP contribution in [-0.4, -0.2) is 52.9 Å². The molecule has 29 heavy (non-hydrogen) atoms. The summed E-state index contributed by atoms with van der Waals surface area (Å²) in [5.41, 5.74) is 0. The quantitative estimate of drug-likeness (QED) is 0.360. The number of nitrogens with zero attached hydrogens (tertiary/aromatic N) is 4. The fraction of sp³-hybridized carbons (Fsp3) is 0.810. The Bertz CT molecular complexity index is 550. The number of hydrogen-bond donors (Lipinski definition) is 0. The highest BCUT2D eigenvalue weighted by Crippen LogP contribution is 2.42. The molecule has 0 radical (unpaired) electrons. The molecule has 0 amide bonds. The molecule has 0 N–H and O–H groups in total. The van der Waals surface area contributed by atoms with E-state index in [4.69, 9.17) is 40.0 Å². The van der Waals surface area contributed by atoms with Gasteiger partial charge >= 0.3 is 0 Å². The standard InChI is InChI=1S/C21H30N4O4/c22-5-1-9-26-14-18-13-19(15-27-10-2-6-23)21(17-29-12-4-8-25)20(18)16-28-11-3-7-24/h18-21H,1-4,9-17H2/t18-,19-,20+,21+/m0/s1. The van der Waals surface area contributed by atoms with E-state index in [0.717, 1.165) is 6.42 Å². The molecule has 8 nitrogen and oxygen atoms in total. The summed E-state index contributed by atoms with van der Waals surface area (Å²) in [6.07, 6.45) is 2.30. The molecule has 1 fully saturated rings. The molecule has 0 saturated heterocycles. The zero-order valence-electron chi connectivity index (χ0n) is 16.9. The smallest absolute Gasteiger partial charge is 0.0645 e. The molecule has 8 heteroatoms. The van der Waals surface area contributed by atoms with Crippen molar-refractivity contribution in [2.24, 2.45) is 23.7 Å². The average Bonchev–Trinajstić information content (AvgIpc) is 3.05. The summed E-state index contributed by atoms with van der Waals surface area (Å²) in [6, 6.07) is 8.31. The topological polar surface area (TPSA) is 132 Å². The summed E-state index contributed by atoms with van der Waals surface area (Å²) >= 11 is 0. The van der Waals surface area contributed by atoms with Crippen LogP contribution in [0.2, 0.25) is 0 Å². The highest BCUT2D eigenvalue weighted by Gasteiger charge is 2.43. The van der Waals surface area contributed by atoms with Crippen LogP contribution < -0.4 is 0 Å². The fourth-order valence-corrected chi connectivity index (χ4v) is 3.72. The Labute approximate surface area is 173 Å². The van der Waals surface area contributed by atoms with Crippen molar-refractivity contribution in [3.63, 3.8) is 0 Å². The highest BCUT2D eigenvalue weighted by atomic mass is 16.5. The second-order valence-electron chi connectivity index (χ2n) is 7.02. The Morgan fingerprint density at radius 1 is 0.517 bits per heavy atom. The predicted octanol–water partition coefficient (Wildman–Crippen LogP) is 2.58. The molecule has 1 saturated carbocycles. The van der Waals surface area contributed by atoms with Crippen LogP contribution in [0.4, 0.5) is 0 Å². The zero-order chi connectivity index (χ0) is 21.2. The maximum absolute atomic E-state index is 8.72. The van der Waals surface area contributed by atoms with E-state index in [0.29, 0.717) is 78.5 Å². The molecule has 0 bridgehead atoms. The van der Waals surface area contributed by atoms with Crippen LogP contribution in [0.25, 0.3) is 0 Å². The molecule has 0 spiro atoms. The van der Waals surface area contributed by atoms with E-state index in [2.05, 4.69) is 24.3 Å². The van der Waals surface area contributed by atoms with Gasteiger partial charge in [0, 0.05) is 13.2 Å². The third-order valence-corrected chi connectivity index (χ3v) is 5.08. The molecule has 158 valence electrons. The Kier molecular flexibility index (Phi) is 14.3. The molecule has 0 unspecified atom stereocenters. The van der Waals surface area contributed by atoms with Gasteiger partial charge in [-0.25, -0.2) is 0 Å². The Balaban J connectivity index is 2.73. The van der Waals surface area contributed by atoms with Crippen molar-refractivity contribution >= 4 is 0 Å². The zero-order valence-corrected chi connectivity index (χ0v) is 16.9. The minimum absolute atomic E-state index is 0.183. The summed E-state index contributed by atoms with van der Waals surface area (Å²) < 4.78 is 22.9. The highest BCUT2D eigenvalue weighted by molar-refractivity contribution is 4.91. The van der Waals surface area contributed by atoms with Crippen LogP contribution in [-0.2, 0) is 18.9 Å². The van der Waals surface area contributed by atoms with Gasteiger partial charge in [-0.15, -0.1) is 0 Å².